The van der Waals surface area contributed by atoms with Gasteiger partial charge in [0.2, 0.25) is 6.41 Å². The number of fused-ring (bicyclic) bond motifs is 1. The fraction of sp³-hybridized carbons (Fsp3) is 0.294. The summed E-state index contributed by atoms with van der Waals surface area (Å²) in [4.78, 5) is 57.2. The van der Waals surface area contributed by atoms with Crippen molar-refractivity contribution in [2.45, 2.75) is 23.6 Å². The van der Waals surface area contributed by atoms with Crippen LogP contribution in [0.4, 0.5) is 5.82 Å². The summed E-state index contributed by atoms with van der Waals surface area (Å²) >= 11 is 1.36. The van der Waals surface area contributed by atoms with Crippen molar-refractivity contribution in [1.82, 2.24) is 15.2 Å². The molecule has 12 heteroatoms. The quantitative estimate of drug-likeness (QED) is 0.237. The highest BCUT2D eigenvalue weighted by molar-refractivity contribution is 8.00. The van der Waals surface area contributed by atoms with Gasteiger partial charge in [-0.2, -0.15) is 0 Å². The van der Waals surface area contributed by atoms with Gasteiger partial charge in [0.25, 0.3) is 11.8 Å². The Labute approximate surface area is 169 Å². The Bertz CT molecular complexity index is 933. The van der Waals surface area contributed by atoms with Gasteiger partial charge in [-0.1, -0.05) is 11.2 Å². The van der Waals surface area contributed by atoms with Crippen LogP contribution < -0.4 is 10.6 Å². The zero-order valence-electron chi connectivity index (χ0n) is 15.4. The Morgan fingerprint density at radius 2 is 2.17 bits per heavy atom. The molecule has 3 atom stereocenters. The van der Waals surface area contributed by atoms with Crippen LogP contribution in [0.5, 0.6) is 0 Å². The summed E-state index contributed by atoms with van der Waals surface area (Å²) in [6.45, 7) is 1.81. The van der Waals surface area contributed by atoms with E-state index in [0.717, 1.165) is 4.90 Å². The van der Waals surface area contributed by atoms with E-state index in [1.807, 2.05) is 0 Å². The molecule has 1 aromatic heterocycles. The standard InChI is InChI=1S/C17H17N5O6S/c1-8-6-10(17(26)27)22-15(25)13(16(22)29-8)20-14(24)12(21-28-2)9-4-3-5-11(19-9)18-7-23/h3-8,13,16H,1-2H3,(H,20,24)(H,26,27)(H,18,19,23)/t8?,13?,16-/m1/s1. The Hall–Kier alpha value is -3.41. The monoisotopic (exact) mass is 419 g/mol. The number of thioether (sulfide) groups is 1. The van der Waals surface area contributed by atoms with Crippen LogP contribution in [0.15, 0.2) is 35.1 Å². The topological polar surface area (TPSA) is 150 Å². The summed E-state index contributed by atoms with van der Waals surface area (Å²) in [5, 5.41) is 17.2. The molecule has 11 nitrogen and oxygen atoms in total. The fourth-order valence-corrected chi connectivity index (χ4v) is 4.27. The van der Waals surface area contributed by atoms with E-state index in [1.165, 1.54) is 37.1 Å². The second-order valence-corrected chi connectivity index (χ2v) is 7.54. The predicted molar refractivity (Wildman–Crippen MR) is 103 cm³/mol. The van der Waals surface area contributed by atoms with Crippen LogP contribution in [0.25, 0.3) is 0 Å². The molecule has 3 amide bonds. The van der Waals surface area contributed by atoms with E-state index in [-0.39, 0.29) is 28.2 Å². The first-order valence-electron chi connectivity index (χ1n) is 8.40. The highest BCUT2D eigenvalue weighted by Crippen LogP contribution is 2.40. The Morgan fingerprint density at radius 3 is 2.83 bits per heavy atom. The van der Waals surface area contributed by atoms with Gasteiger partial charge in [-0.05, 0) is 25.1 Å². The van der Waals surface area contributed by atoms with Crippen molar-refractivity contribution in [3.8, 4) is 0 Å². The van der Waals surface area contributed by atoms with E-state index in [0.29, 0.717) is 6.41 Å². The van der Waals surface area contributed by atoms with Crippen molar-refractivity contribution < 1.29 is 29.1 Å². The first kappa shape index (κ1) is 20.3. The zero-order chi connectivity index (χ0) is 21.1. The molecule has 29 heavy (non-hydrogen) atoms. The summed E-state index contributed by atoms with van der Waals surface area (Å²) in [6.07, 6.45) is 1.93. The molecule has 1 aromatic rings. The van der Waals surface area contributed by atoms with E-state index >= 15 is 0 Å². The van der Waals surface area contributed by atoms with Gasteiger partial charge in [0.15, 0.2) is 5.71 Å². The Balaban J connectivity index is 1.80. The fourth-order valence-electron chi connectivity index (χ4n) is 2.94. The van der Waals surface area contributed by atoms with Gasteiger partial charge in [-0.25, -0.2) is 9.78 Å². The van der Waals surface area contributed by atoms with Crippen molar-refractivity contribution in [1.29, 1.82) is 0 Å². The number of nitrogens with one attached hydrogen (secondary N) is 2. The summed E-state index contributed by atoms with van der Waals surface area (Å²) < 4.78 is 0. The Kier molecular flexibility index (Phi) is 5.82. The van der Waals surface area contributed by atoms with E-state index < -0.39 is 29.2 Å². The van der Waals surface area contributed by atoms with Crippen LogP contribution in [0.3, 0.4) is 0 Å². The maximum absolute atomic E-state index is 12.8. The lowest BCUT2D eigenvalue weighted by Gasteiger charge is -2.49. The summed E-state index contributed by atoms with van der Waals surface area (Å²) in [7, 11) is 1.25. The van der Waals surface area contributed by atoms with Gasteiger partial charge < -0.3 is 20.6 Å². The molecule has 1 fully saturated rings. The van der Waals surface area contributed by atoms with Gasteiger partial charge in [-0.3, -0.25) is 19.3 Å². The number of carbonyl (C=O) groups is 4. The first-order chi connectivity index (χ1) is 13.9. The number of aliphatic carboxylic acids is 1. The van der Waals surface area contributed by atoms with Crippen molar-refractivity contribution in [3.05, 3.63) is 35.7 Å². The largest absolute Gasteiger partial charge is 0.477 e. The van der Waals surface area contributed by atoms with Gasteiger partial charge >= 0.3 is 5.97 Å². The molecule has 1 saturated heterocycles. The van der Waals surface area contributed by atoms with Crippen LogP contribution in [0.1, 0.15) is 12.6 Å². The number of hydrogen-bond acceptors (Lipinski definition) is 8. The number of carboxylic acids is 1. The van der Waals surface area contributed by atoms with Crippen LogP contribution in [0.2, 0.25) is 0 Å². The van der Waals surface area contributed by atoms with Gasteiger partial charge in [0.05, 0.1) is 0 Å². The average molecular weight is 419 g/mol. The number of hydrogen-bond donors (Lipinski definition) is 3. The molecular weight excluding hydrogens is 402 g/mol. The minimum Gasteiger partial charge on any atom is -0.477 e. The first-order valence-corrected chi connectivity index (χ1v) is 9.35. The van der Waals surface area contributed by atoms with Crippen molar-refractivity contribution in [2.24, 2.45) is 5.16 Å². The minimum absolute atomic E-state index is 0.100. The minimum atomic E-state index is -1.20. The second-order valence-electron chi connectivity index (χ2n) is 6.04. The molecule has 0 radical (unpaired) electrons. The second kappa shape index (κ2) is 8.31. The molecule has 2 aliphatic heterocycles. The maximum Gasteiger partial charge on any atom is 0.352 e. The van der Waals surface area contributed by atoms with Crippen LogP contribution in [-0.4, -0.2) is 68.7 Å². The average Bonchev–Trinajstić information content (AvgIpc) is 2.69. The molecule has 0 bridgehead atoms. The summed E-state index contributed by atoms with van der Waals surface area (Å²) in [5.41, 5.74) is -0.177. The lowest BCUT2D eigenvalue weighted by molar-refractivity contribution is -0.150. The molecule has 0 aliphatic carbocycles. The van der Waals surface area contributed by atoms with E-state index in [4.69, 9.17) is 4.84 Å². The van der Waals surface area contributed by atoms with Crippen molar-refractivity contribution in [2.75, 3.05) is 12.4 Å². The number of rotatable bonds is 7. The van der Waals surface area contributed by atoms with Crippen LogP contribution in [0, 0.1) is 0 Å². The third-order valence-electron chi connectivity index (χ3n) is 4.15. The molecule has 3 rings (SSSR count). The molecule has 152 valence electrons. The van der Waals surface area contributed by atoms with E-state index in [2.05, 4.69) is 20.8 Å². The predicted octanol–water partition coefficient (Wildman–Crippen LogP) is -0.243. The van der Waals surface area contributed by atoms with Crippen LogP contribution in [-0.2, 0) is 24.0 Å². The van der Waals surface area contributed by atoms with E-state index in [9.17, 15) is 24.3 Å². The normalized spacial score (nSPS) is 23.3. The third kappa shape index (κ3) is 3.92. The van der Waals surface area contributed by atoms with Crippen LogP contribution >= 0.6 is 11.8 Å². The Morgan fingerprint density at radius 1 is 1.41 bits per heavy atom. The lowest BCUT2D eigenvalue weighted by atomic mass is 10.0. The zero-order valence-corrected chi connectivity index (χ0v) is 16.2. The molecule has 2 aliphatic rings. The van der Waals surface area contributed by atoms with Gasteiger partial charge in [0.1, 0.15) is 35.7 Å². The summed E-state index contributed by atoms with van der Waals surface area (Å²) in [5.74, 6) is -2.25. The maximum atomic E-state index is 12.8. The number of anilines is 1. The number of carbonyl (C=O) groups excluding carboxylic acids is 3. The number of pyridine rings is 1. The van der Waals surface area contributed by atoms with Gasteiger partial charge in [-0.15, -0.1) is 11.8 Å². The molecule has 2 unspecified atom stereocenters. The number of carboxylic acid groups (broad SMARTS) is 1. The molecular formula is C17H17N5O6S. The molecule has 0 aromatic carbocycles. The number of nitrogens with zero attached hydrogens (tertiary/aromatic N) is 3. The number of β-lactam (4-membered cyclic amide) rings is 1. The van der Waals surface area contributed by atoms with Gasteiger partial charge in [0, 0.05) is 5.25 Å². The van der Waals surface area contributed by atoms with Crippen molar-refractivity contribution >= 4 is 47.5 Å². The smallest absolute Gasteiger partial charge is 0.352 e. The number of aromatic nitrogens is 1. The number of oxime groups is 1. The number of amides is 3. The molecule has 3 N–H and O–H groups in total. The molecule has 0 saturated carbocycles. The van der Waals surface area contributed by atoms with Crippen molar-refractivity contribution in [3.63, 3.8) is 0 Å². The SMILES string of the molecule is CON=C(C(=O)NC1C(=O)N2C(C(=O)O)=CC(C)S[C@H]12)c1cccc(NC=O)n1. The molecule has 0 spiro atoms. The highest BCUT2D eigenvalue weighted by atomic mass is 32.2. The van der Waals surface area contributed by atoms with E-state index in [1.54, 1.807) is 13.0 Å². The third-order valence-corrected chi connectivity index (χ3v) is 5.48. The summed E-state index contributed by atoms with van der Waals surface area (Å²) in [6, 6.07) is 3.65. The molecule has 3 heterocycles. The lowest BCUT2D eigenvalue weighted by Crippen LogP contribution is -2.71. The highest BCUT2D eigenvalue weighted by Gasteiger charge is 2.54.